The lowest BCUT2D eigenvalue weighted by atomic mass is 10.2. The Hall–Kier alpha value is -1.65. The van der Waals surface area contributed by atoms with Gasteiger partial charge in [-0.2, -0.15) is 5.26 Å². The Balaban J connectivity index is 2.45. The highest BCUT2D eigenvalue weighted by molar-refractivity contribution is 7.88. The van der Waals surface area contributed by atoms with Crippen molar-refractivity contribution in [1.82, 2.24) is 9.29 Å². The molecule has 19 heavy (non-hydrogen) atoms. The molecule has 104 valence electrons. The van der Waals surface area contributed by atoms with E-state index in [-0.39, 0.29) is 0 Å². The number of nitriles is 1. The maximum Gasteiger partial charge on any atom is 0.211 e. The highest BCUT2D eigenvalue weighted by Crippen LogP contribution is 2.11. The van der Waals surface area contributed by atoms with Gasteiger partial charge in [-0.25, -0.2) is 12.7 Å². The third kappa shape index (κ3) is 4.85. The summed E-state index contributed by atoms with van der Waals surface area (Å²) >= 11 is 0. The average molecular weight is 282 g/mol. The molecule has 1 N–H and O–H groups in total. The number of nitrogens with zero attached hydrogens (tertiary/aromatic N) is 3. The summed E-state index contributed by atoms with van der Waals surface area (Å²) in [7, 11) is -3.13. The first-order valence-electron chi connectivity index (χ1n) is 6.02. The van der Waals surface area contributed by atoms with E-state index in [2.05, 4.69) is 16.4 Å². The number of rotatable bonds is 7. The fourth-order valence-corrected chi connectivity index (χ4v) is 2.60. The number of aromatic nitrogens is 1. The summed E-state index contributed by atoms with van der Waals surface area (Å²) in [5.74, 6) is 0. The number of sulfonamides is 1. The molecule has 1 aromatic heterocycles. The number of hydrogen-bond acceptors (Lipinski definition) is 5. The molecule has 0 aliphatic carbocycles. The Labute approximate surface area is 114 Å². The van der Waals surface area contributed by atoms with Crippen molar-refractivity contribution in [3.8, 4) is 6.07 Å². The van der Waals surface area contributed by atoms with Gasteiger partial charge in [-0.3, -0.25) is 4.98 Å². The van der Waals surface area contributed by atoms with Crippen molar-refractivity contribution in [1.29, 1.82) is 5.26 Å². The highest BCUT2D eigenvalue weighted by atomic mass is 32.2. The Morgan fingerprint density at radius 2 is 2.26 bits per heavy atom. The molecule has 7 heteroatoms. The molecule has 0 unspecified atom stereocenters. The van der Waals surface area contributed by atoms with E-state index >= 15 is 0 Å². The van der Waals surface area contributed by atoms with Gasteiger partial charge in [0, 0.05) is 25.8 Å². The minimum absolute atomic E-state index is 0.463. The fraction of sp³-hybridized carbons (Fsp3) is 0.500. The van der Waals surface area contributed by atoms with Crippen molar-refractivity contribution in [2.45, 2.75) is 13.3 Å². The van der Waals surface area contributed by atoms with Gasteiger partial charge in [0.15, 0.2) is 0 Å². The van der Waals surface area contributed by atoms with Gasteiger partial charge in [-0.15, -0.1) is 0 Å². The summed E-state index contributed by atoms with van der Waals surface area (Å²) in [6.07, 6.45) is 5.03. The van der Waals surface area contributed by atoms with Crippen LogP contribution < -0.4 is 5.32 Å². The molecule has 1 rings (SSSR count). The molecule has 0 spiro atoms. The molecule has 0 bridgehead atoms. The summed E-state index contributed by atoms with van der Waals surface area (Å²) in [6.45, 7) is 3.33. The molecule has 0 fully saturated rings. The molecule has 0 radical (unpaired) electrons. The number of pyridine rings is 1. The molecule has 0 saturated carbocycles. The molecular weight excluding hydrogens is 264 g/mol. The smallest absolute Gasteiger partial charge is 0.211 e. The lowest BCUT2D eigenvalue weighted by Crippen LogP contribution is -2.31. The number of nitrogens with one attached hydrogen (secondary N) is 1. The van der Waals surface area contributed by atoms with Crippen LogP contribution in [0.25, 0.3) is 0 Å². The fourth-order valence-electron chi connectivity index (χ4n) is 1.67. The molecular formula is C12H18N4O2S. The van der Waals surface area contributed by atoms with Crippen LogP contribution in [0.3, 0.4) is 0 Å². The van der Waals surface area contributed by atoms with Crippen LogP contribution in [0.4, 0.5) is 5.69 Å². The van der Waals surface area contributed by atoms with Gasteiger partial charge < -0.3 is 5.32 Å². The van der Waals surface area contributed by atoms with Crippen LogP contribution in [0.5, 0.6) is 0 Å². The van der Waals surface area contributed by atoms with E-state index in [0.29, 0.717) is 37.3 Å². The first-order valence-corrected chi connectivity index (χ1v) is 7.87. The zero-order chi connectivity index (χ0) is 14.3. The standard InChI is InChI=1S/C12H18N4O2S/c1-3-16(19(2,17)18)8-4-6-15-12-10-14-7-5-11(12)9-13/h5,7,10,15H,3-4,6,8H2,1-2H3. The molecule has 0 amide bonds. The van der Waals surface area contributed by atoms with Crippen LogP contribution in [0.15, 0.2) is 18.5 Å². The lowest BCUT2D eigenvalue weighted by molar-refractivity contribution is 0.429. The summed E-state index contributed by atoms with van der Waals surface area (Å²) in [6, 6.07) is 3.71. The van der Waals surface area contributed by atoms with Crippen molar-refractivity contribution >= 4 is 15.7 Å². The molecule has 1 aromatic rings. The predicted octanol–water partition coefficient (Wildman–Crippen LogP) is 1.04. The average Bonchev–Trinajstić information content (AvgIpc) is 2.37. The van der Waals surface area contributed by atoms with Gasteiger partial charge >= 0.3 is 0 Å². The van der Waals surface area contributed by atoms with Crippen molar-refractivity contribution in [3.63, 3.8) is 0 Å². The Morgan fingerprint density at radius 3 is 2.84 bits per heavy atom. The molecule has 0 aliphatic rings. The molecule has 0 aliphatic heterocycles. The molecule has 0 atom stereocenters. The van der Waals surface area contributed by atoms with Gasteiger partial charge in [0.05, 0.1) is 23.7 Å². The van der Waals surface area contributed by atoms with Crippen LogP contribution in [0, 0.1) is 11.3 Å². The second kappa shape index (κ2) is 7.07. The van der Waals surface area contributed by atoms with E-state index in [1.165, 1.54) is 10.6 Å². The van der Waals surface area contributed by atoms with Gasteiger partial charge in [0.25, 0.3) is 0 Å². The van der Waals surface area contributed by atoms with E-state index in [4.69, 9.17) is 5.26 Å². The van der Waals surface area contributed by atoms with E-state index < -0.39 is 10.0 Å². The Morgan fingerprint density at radius 1 is 1.53 bits per heavy atom. The zero-order valence-corrected chi connectivity index (χ0v) is 11.9. The van der Waals surface area contributed by atoms with Crippen molar-refractivity contribution in [2.24, 2.45) is 0 Å². The third-order valence-corrected chi connectivity index (χ3v) is 4.04. The number of anilines is 1. The molecule has 1 heterocycles. The maximum atomic E-state index is 11.4. The first kappa shape index (κ1) is 15.4. The summed E-state index contributed by atoms with van der Waals surface area (Å²) in [5, 5.41) is 12.0. The predicted molar refractivity (Wildman–Crippen MR) is 74.1 cm³/mol. The number of hydrogen-bond donors (Lipinski definition) is 1. The van der Waals surface area contributed by atoms with E-state index in [1.54, 1.807) is 18.5 Å². The van der Waals surface area contributed by atoms with E-state index in [9.17, 15) is 8.42 Å². The SMILES string of the molecule is CCN(CCCNc1cnccc1C#N)S(C)(=O)=O. The van der Waals surface area contributed by atoms with Crippen molar-refractivity contribution in [3.05, 3.63) is 24.0 Å². The quantitative estimate of drug-likeness (QED) is 0.755. The largest absolute Gasteiger partial charge is 0.383 e. The molecule has 6 nitrogen and oxygen atoms in total. The second-order valence-electron chi connectivity index (χ2n) is 4.07. The van der Waals surface area contributed by atoms with Crippen LogP contribution in [0.2, 0.25) is 0 Å². The Kier molecular flexibility index (Phi) is 5.73. The third-order valence-electron chi connectivity index (χ3n) is 2.66. The van der Waals surface area contributed by atoms with Gasteiger partial charge in [0.1, 0.15) is 6.07 Å². The van der Waals surface area contributed by atoms with Crippen molar-refractivity contribution < 1.29 is 8.42 Å². The topological polar surface area (TPSA) is 86.1 Å². The molecule has 0 saturated heterocycles. The zero-order valence-electron chi connectivity index (χ0n) is 11.1. The lowest BCUT2D eigenvalue weighted by Gasteiger charge is -2.17. The normalized spacial score (nSPS) is 11.3. The van der Waals surface area contributed by atoms with E-state index in [0.717, 1.165) is 0 Å². The minimum Gasteiger partial charge on any atom is -0.383 e. The summed E-state index contributed by atoms with van der Waals surface area (Å²) in [4.78, 5) is 3.94. The van der Waals surface area contributed by atoms with Crippen LogP contribution in [-0.4, -0.2) is 43.6 Å². The highest BCUT2D eigenvalue weighted by Gasteiger charge is 2.13. The molecule has 0 aromatic carbocycles. The van der Waals surface area contributed by atoms with Crippen LogP contribution >= 0.6 is 0 Å². The first-order chi connectivity index (χ1) is 8.99. The maximum absolute atomic E-state index is 11.4. The summed E-state index contributed by atoms with van der Waals surface area (Å²) < 4.78 is 24.2. The Bertz CT molecular complexity index is 551. The van der Waals surface area contributed by atoms with Gasteiger partial charge in [-0.1, -0.05) is 6.92 Å². The van der Waals surface area contributed by atoms with Crippen molar-refractivity contribution in [2.75, 3.05) is 31.2 Å². The minimum atomic E-state index is -3.13. The van der Waals surface area contributed by atoms with Gasteiger partial charge in [-0.05, 0) is 12.5 Å². The summed E-state index contributed by atoms with van der Waals surface area (Å²) in [5.41, 5.74) is 1.21. The monoisotopic (exact) mass is 282 g/mol. The van der Waals surface area contributed by atoms with Gasteiger partial charge in [0.2, 0.25) is 10.0 Å². The van der Waals surface area contributed by atoms with E-state index in [1.807, 2.05) is 6.92 Å². The van der Waals surface area contributed by atoms with Crippen LogP contribution in [0.1, 0.15) is 18.9 Å². The van der Waals surface area contributed by atoms with Crippen LogP contribution in [-0.2, 0) is 10.0 Å². The second-order valence-corrected chi connectivity index (χ2v) is 6.05.